The van der Waals surface area contributed by atoms with Crippen LogP contribution in [0.3, 0.4) is 0 Å². The quantitative estimate of drug-likeness (QED) is 0.164. The summed E-state index contributed by atoms with van der Waals surface area (Å²) in [6.07, 6.45) is -1.81. The number of carbonyl (C=O) groups is 2. The highest BCUT2D eigenvalue weighted by Gasteiger charge is 2.32. The van der Waals surface area contributed by atoms with E-state index in [2.05, 4.69) is 20.4 Å². The van der Waals surface area contributed by atoms with Crippen LogP contribution in [0.15, 0.2) is 77.9 Å². The van der Waals surface area contributed by atoms with Gasteiger partial charge in [0.15, 0.2) is 17.3 Å². The lowest BCUT2D eigenvalue weighted by Crippen LogP contribution is -2.39. The predicted molar refractivity (Wildman–Crippen MR) is 217 cm³/mol. The van der Waals surface area contributed by atoms with E-state index in [1.165, 1.54) is 10.8 Å². The Morgan fingerprint density at radius 2 is 1.82 bits per heavy atom. The Morgan fingerprint density at radius 3 is 2.58 bits per heavy atom. The Balaban J connectivity index is 1.12. The number of fused-ring (bicyclic) bond motifs is 2. The summed E-state index contributed by atoms with van der Waals surface area (Å²) in [5, 5.41) is 6.98. The SMILES string of the molecule is CCc1c(N2CCCN(C(=O)c3ncnc(C)c3OCc3ccccc3)CC2)c(=O)n2nc(-c3ccc4c(c3)CCO4)nc2n1CC(=O)Nc1ccc(C(F)(F)F)cc1Cl. The number of nitrogens with one attached hydrogen (secondary N) is 1. The number of nitrogens with zero attached hydrogens (tertiary/aromatic N) is 8. The Hall–Kier alpha value is -6.49. The van der Waals surface area contributed by atoms with Crippen LogP contribution in [-0.4, -0.2) is 78.6 Å². The first-order chi connectivity index (χ1) is 28.9. The normalized spacial score (nSPS) is 14.2. The molecule has 310 valence electrons. The second-order valence-corrected chi connectivity index (χ2v) is 14.8. The average Bonchev–Trinajstić information content (AvgIpc) is 3.83. The summed E-state index contributed by atoms with van der Waals surface area (Å²) in [5.74, 6) is 0.431. The minimum atomic E-state index is -4.62. The van der Waals surface area contributed by atoms with Crippen LogP contribution in [0.2, 0.25) is 5.02 Å². The van der Waals surface area contributed by atoms with E-state index in [9.17, 15) is 27.6 Å². The predicted octanol–water partition coefficient (Wildman–Crippen LogP) is 6.40. The number of alkyl halides is 3. The fraction of sp³-hybridized carbons (Fsp3) is 0.310. The van der Waals surface area contributed by atoms with Crippen LogP contribution < -0.4 is 25.2 Å². The molecular formula is C42H39ClF3N9O5. The molecule has 0 saturated carbocycles. The number of benzene rings is 3. The topological polar surface area (TPSA) is 149 Å². The number of carbonyl (C=O) groups excluding carboxylic acids is 2. The maximum Gasteiger partial charge on any atom is 0.416 e. The van der Waals surface area contributed by atoms with Crippen molar-refractivity contribution in [1.29, 1.82) is 0 Å². The smallest absolute Gasteiger partial charge is 0.416 e. The van der Waals surface area contributed by atoms with Gasteiger partial charge < -0.3 is 29.2 Å². The lowest BCUT2D eigenvalue weighted by atomic mass is 10.1. The molecule has 0 bridgehead atoms. The van der Waals surface area contributed by atoms with Gasteiger partial charge in [0.1, 0.15) is 30.9 Å². The molecule has 6 aromatic rings. The van der Waals surface area contributed by atoms with Crippen molar-refractivity contribution in [3.63, 3.8) is 0 Å². The zero-order valence-electron chi connectivity index (χ0n) is 32.6. The van der Waals surface area contributed by atoms with Gasteiger partial charge in [-0.05, 0) is 67.3 Å². The molecule has 1 N–H and O–H groups in total. The maximum atomic E-state index is 14.6. The molecule has 0 unspecified atom stereocenters. The van der Waals surface area contributed by atoms with Crippen LogP contribution in [0.1, 0.15) is 51.9 Å². The number of rotatable bonds is 10. The number of aromatic nitrogens is 6. The molecule has 3 aromatic carbocycles. The van der Waals surface area contributed by atoms with E-state index in [-0.39, 0.29) is 72.3 Å². The van der Waals surface area contributed by atoms with E-state index < -0.39 is 23.2 Å². The minimum Gasteiger partial charge on any atom is -0.493 e. The molecule has 0 radical (unpaired) electrons. The Kier molecular flexibility index (Phi) is 11.2. The molecular weight excluding hydrogens is 803 g/mol. The number of aryl methyl sites for hydroxylation is 1. The zero-order valence-corrected chi connectivity index (χ0v) is 33.4. The molecule has 1 fully saturated rings. The molecule has 18 heteroatoms. The van der Waals surface area contributed by atoms with Gasteiger partial charge in [-0.15, -0.1) is 5.10 Å². The van der Waals surface area contributed by atoms with Crippen molar-refractivity contribution < 1.29 is 32.2 Å². The van der Waals surface area contributed by atoms with Gasteiger partial charge in [0.25, 0.3) is 11.5 Å². The molecule has 8 rings (SSSR count). The minimum absolute atomic E-state index is 0.0164. The van der Waals surface area contributed by atoms with Gasteiger partial charge >= 0.3 is 6.18 Å². The summed E-state index contributed by atoms with van der Waals surface area (Å²) >= 11 is 6.19. The van der Waals surface area contributed by atoms with Crippen molar-refractivity contribution in [2.24, 2.45) is 0 Å². The van der Waals surface area contributed by atoms with Gasteiger partial charge in [-0.25, -0.2) is 9.97 Å². The number of amides is 2. The first-order valence-corrected chi connectivity index (χ1v) is 19.7. The lowest BCUT2D eigenvalue weighted by Gasteiger charge is -2.27. The van der Waals surface area contributed by atoms with E-state index in [1.807, 2.05) is 54.3 Å². The van der Waals surface area contributed by atoms with Crippen molar-refractivity contribution in [1.82, 2.24) is 34.0 Å². The van der Waals surface area contributed by atoms with Gasteiger partial charge in [-0.3, -0.25) is 14.4 Å². The monoisotopic (exact) mass is 841 g/mol. The number of ether oxygens (including phenoxy) is 2. The standard InChI is InChI=1S/C42H39ClF3N9O5/c1-3-32-36(52-15-7-16-53(18-17-52)39(57)35-37(25(2)47-24-48-35)60-23-26-8-5-4-6-9-26)40(58)55-41(50-38(51-55)28-10-13-33-27(20-28)14-19-59-33)54(32)22-34(56)49-31-12-11-29(21-30(31)43)42(44,45)46/h4-6,8-13,20-21,24H,3,7,14-19,22-23H2,1-2H3,(H,49,56). The van der Waals surface area contributed by atoms with Gasteiger partial charge in [-0.1, -0.05) is 48.9 Å². The van der Waals surface area contributed by atoms with Crippen molar-refractivity contribution in [3.05, 3.63) is 122 Å². The molecule has 0 spiro atoms. The maximum absolute atomic E-state index is 14.6. The fourth-order valence-corrected chi connectivity index (χ4v) is 7.74. The van der Waals surface area contributed by atoms with Crippen LogP contribution in [0.5, 0.6) is 11.5 Å². The van der Waals surface area contributed by atoms with Crippen LogP contribution in [0, 0.1) is 6.92 Å². The Labute approximate surface area is 346 Å². The molecule has 0 aliphatic carbocycles. The fourth-order valence-electron chi connectivity index (χ4n) is 7.51. The van der Waals surface area contributed by atoms with Crippen LogP contribution in [-0.2, 0) is 37.0 Å². The average molecular weight is 842 g/mol. The van der Waals surface area contributed by atoms with Crippen LogP contribution >= 0.6 is 11.6 Å². The van der Waals surface area contributed by atoms with Gasteiger partial charge in [-0.2, -0.15) is 22.7 Å². The van der Waals surface area contributed by atoms with E-state index in [0.717, 1.165) is 35.1 Å². The molecule has 60 heavy (non-hydrogen) atoms. The molecule has 14 nitrogen and oxygen atoms in total. The highest BCUT2D eigenvalue weighted by Crippen LogP contribution is 2.34. The summed E-state index contributed by atoms with van der Waals surface area (Å²) in [6, 6.07) is 17.7. The van der Waals surface area contributed by atoms with Crippen LogP contribution in [0.25, 0.3) is 17.2 Å². The first-order valence-electron chi connectivity index (χ1n) is 19.4. The second-order valence-electron chi connectivity index (χ2n) is 14.4. The number of hydrogen-bond donors (Lipinski definition) is 1. The summed E-state index contributed by atoms with van der Waals surface area (Å²) in [5.41, 5.74) is 2.51. The van der Waals surface area contributed by atoms with Crippen LogP contribution in [0.4, 0.5) is 24.5 Å². The van der Waals surface area contributed by atoms with Gasteiger partial charge in [0.05, 0.1) is 34.3 Å². The highest BCUT2D eigenvalue weighted by atomic mass is 35.5. The lowest BCUT2D eigenvalue weighted by molar-refractivity contribution is -0.137. The molecule has 3 aromatic heterocycles. The van der Waals surface area contributed by atoms with Gasteiger partial charge in [0.2, 0.25) is 11.7 Å². The third-order valence-electron chi connectivity index (χ3n) is 10.5. The van der Waals surface area contributed by atoms with Crippen molar-refractivity contribution in [2.75, 3.05) is 43.0 Å². The van der Waals surface area contributed by atoms with Crippen molar-refractivity contribution in [2.45, 2.75) is 52.4 Å². The zero-order chi connectivity index (χ0) is 42.1. The number of halogens is 4. The molecule has 5 heterocycles. The van der Waals surface area contributed by atoms with E-state index >= 15 is 0 Å². The summed E-state index contributed by atoms with van der Waals surface area (Å²) in [7, 11) is 0. The van der Waals surface area contributed by atoms with Gasteiger partial charge in [0, 0.05) is 38.2 Å². The first kappa shape index (κ1) is 40.3. The highest BCUT2D eigenvalue weighted by molar-refractivity contribution is 6.33. The van der Waals surface area contributed by atoms with Crippen molar-refractivity contribution in [3.8, 4) is 22.9 Å². The third kappa shape index (κ3) is 8.08. The molecule has 1 saturated heterocycles. The molecule has 0 atom stereocenters. The number of hydrogen-bond acceptors (Lipinski definition) is 10. The Bertz CT molecular complexity index is 2670. The van der Waals surface area contributed by atoms with E-state index in [4.69, 9.17) is 26.1 Å². The van der Waals surface area contributed by atoms with Crippen molar-refractivity contribution >= 4 is 40.6 Å². The largest absolute Gasteiger partial charge is 0.493 e. The summed E-state index contributed by atoms with van der Waals surface area (Å²) < 4.78 is 54.6. The second kappa shape index (κ2) is 16.6. The molecule has 2 aliphatic heterocycles. The molecule has 2 amide bonds. The summed E-state index contributed by atoms with van der Waals surface area (Å²) in [6.45, 7) is 5.21. The molecule has 2 aliphatic rings. The van der Waals surface area contributed by atoms with E-state index in [0.29, 0.717) is 55.2 Å². The van der Waals surface area contributed by atoms with E-state index in [1.54, 1.807) is 22.5 Å². The number of anilines is 2. The Morgan fingerprint density at radius 1 is 1.00 bits per heavy atom. The third-order valence-corrected chi connectivity index (χ3v) is 10.8. The summed E-state index contributed by atoms with van der Waals surface area (Å²) in [4.78, 5) is 59.4.